The maximum absolute atomic E-state index is 5.27. The Morgan fingerprint density at radius 1 is 1.42 bits per heavy atom. The van der Waals surface area contributed by atoms with Gasteiger partial charge in [0.1, 0.15) is 5.75 Å². The summed E-state index contributed by atoms with van der Waals surface area (Å²) in [7, 11) is 5.58. The molecule has 1 aromatic carbocycles. The van der Waals surface area contributed by atoms with Crippen LogP contribution in [-0.4, -0.2) is 23.9 Å². The summed E-state index contributed by atoms with van der Waals surface area (Å²) in [4.78, 5) is 0. The van der Waals surface area contributed by atoms with Gasteiger partial charge in [-0.3, -0.25) is 4.68 Å². The minimum atomic E-state index is 0.788. The molecule has 0 aliphatic rings. The Morgan fingerprint density at radius 3 is 2.74 bits per heavy atom. The second kappa shape index (κ2) is 5.75. The predicted octanol–water partition coefficient (Wildman–Crippen LogP) is 2.89. The quantitative estimate of drug-likeness (QED) is 0.940. The molecule has 1 aromatic heterocycles. The van der Waals surface area contributed by atoms with Crippen LogP contribution in [0.25, 0.3) is 11.1 Å². The zero-order valence-corrected chi connectivity index (χ0v) is 13.2. The summed E-state index contributed by atoms with van der Waals surface area (Å²) < 4.78 is 8.15. The maximum Gasteiger partial charge on any atom is 0.133 e. The van der Waals surface area contributed by atoms with Crippen LogP contribution in [0.3, 0.4) is 0 Å². The van der Waals surface area contributed by atoms with E-state index in [-0.39, 0.29) is 0 Å². The Labute approximate surface area is 121 Å². The molecule has 0 aliphatic carbocycles. The summed E-state index contributed by atoms with van der Waals surface area (Å²) >= 11 is 3.53. The van der Waals surface area contributed by atoms with E-state index in [1.54, 1.807) is 7.11 Å². The van der Waals surface area contributed by atoms with Crippen LogP contribution in [0.5, 0.6) is 5.75 Å². The lowest BCUT2D eigenvalue weighted by atomic mass is 10.0. The second-order valence-corrected chi connectivity index (χ2v) is 5.26. The van der Waals surface area contributed by atoms with Crippen LogP contribution in [0.15, 0.2) is 22.7 Å². The highest BCUT2D eigenvalue weighted by Crippen LogP contribution is 2.33. The van der Waals surface area contributed by atoms with Crippen LogP contribution in [0.1, 0.15) is 11.4 Å². The van der Waals surface area contributed by atoms with Crippen LogP contribution in [0.4, 0.5) is 0 Å². The van der Waals surface area contributed by atoms with Crippen molar-refractivity contribution in [2.24, 2.45) is 7.05 Å². The second-order valence-electron chi connectivity index (χ2n) is 4.41. The monoisotopic (exact) mass is 323 g/mol. The SMILES string of the molecule is CNCc1c(-c2ccc(OC)c(Br)c2)c(C)nn1C. The maximum atomic E-state index is 5.27. The molecule has 0 saturated carbocycles. The molecule has 0 aliphatic heterocycles. The van der Waals surface area contributed by atoms with Crippen molar-refractivity contribution in [3.05, 3.63) is 34.1 Å². The molecule has 2 rings (SSSR count). The summed E-state index contributed by atoms with van der Waals surface area (Å²) in [6, 6.07) is 6.10. The van der Waals surface area contributed by atoms with Gasteiger partial charge in [0, 0.05) is 19.2 Å². The first-order chi connectivity index (χ1) is 9.08. The van der Waals surface area contributed by atoms with Gasteiger partial charge in [-0.15, -0.1) is 0 Å². The van der Waals surface area contributed by atoms with E-state index in [0.717, 1.165) is 28.0 Å². The van der Waals surface area contributed by atoms with Crippen molar-refractivity contribution < 1.29 is 4.74 Å². The molecule has 0 unspecified atom stereocenters. The first kappa shape index (κ1) is 14.1. The first-order valence-electron chi connectivity index (χ1n) is 6.09. The third-order valence-corrected chi connectivity index (χ3v) is 3.75. The van der Waals surface area contributed by atoms with Crippen molar-refractivity contribution in [3.63, 3.8) is 0 Å². The fourth-order valence-electron chi connectivity index (χ4n) is 2.27. The van der Waals surface area contributed by atoms with Crippen molar-refractivity contribution in [3.8, 4) is 16.9 Å². The van der Waals surface area contributed by atoms with E-state index in [4.69, 9.17) is 4.74 Å². The Bertz CT molecular complexity index is 593. The molecule has 1 heterocycles. The minimum Gasteiger partial charge on any atom is -0.496 e. The van der Waals surface area contributed by atoms with E-state index in [0.29, 0.717) is 0 Å². The minimum absolute atomic E-state index is 0.788. The summed E-state index contributed by atoms with van der Waals surface area (Å²) in [5.41, 5.74) is 4.53. The van der Waals surface area contributed by atoms with Crippen LogP contribution in [0, 0.1) is 6.92 Å². The van der Waals surface area contributed by atoms with E-state index < -0.39 is 0 Å². The topological polar surface area (TPSA) is 39.1 Å². The number of hydrogen-bond donors (Lipinski definition) is 1. The normalized spacial score (nSPS) is 10.8. The van der Waals surface area contributed by atoms with Gasteiger partial charge in [0.05, 0.1) is 23.0 Å². The number of nitrogens with one attached hydrogen (secondary N) is 1. The molecule has 0 bridgehead atoms. The number of ether oxygens (including phenoxy) is 1. The highest BCUT2D eigenvalue weighted by molar-refractivity contribution is 9.10. The molecule has 5 heteroatoms. The van der Waals surface area contributed by atoms with E-state index >= 15 is 0 Å². The van der Waals surface area contributed by atoms with Gasteiger partial charge in [0.15, 0.2) is 0 Å². The zero-order valence-electron chi connectivity index (χ0n) is 11.6. The summed E-state index contributed by atoms with van der Waals surface area (Å²) in [5, 5.41) is 7.70. The molecule has 19 heavy (non-hydrogen) atoms. The molecular weight excluding hydrogens is 306 g/mol. The average molecular weight is 324 g/mol. The summed E-state index contributed by atoms with van der Waals surface area (Å²) in [6.07, 6.45) is 0. The standard InChI is InChI=1S/C14H18BrN3O/c1-9-14(12(8-16-2)18(3)17-9)10-5-6-13(19-4)11(15)7-10/h5-7,16H,8H2,1-4H3. The third-order valence-electron chi connectivity index (χ3n) is 3.13. The number of aromatic nitrogens is 2. The Morgan fingerprint density at radius 2 is 2.16 bits per heavy atom. The van der Waals surface area contributed by atoms with Crippen molar-refractivity contribution in [2.45, 2.75) is 13.5 Å². The van der Waals surface area contributed by atoms with Crippen LogP contribution in [-0.2, 0) is 13.6 Å². The molecule has 0 fully saturated rings. The Balaban J connectivity index is 2.55. The van der Waals surface area contributed by atoms with Crippen LogP contribution in [0.2, 0.25) is 0 Å². The summed E-state index contributed by atoms with van der Waals surface area (Å²) in [5.74, 6) is 0.834. The van der Waals surface area contributed by atoms with Gasteiger partial charge in [0.2, 0.25) is 0 Å². The highest BCUT2D eigenvalue weighted by atomic mass is 79.9. The molecule has 4 nitrogen and oxygen atoms in total. The van der Waals surface area contributed by atoms with Gasteiger partial charge in [-0.25, -0.2) is 0 Å². The largest absolute Gasteiger partial charge is 0.496 e. The van der Waals surface area contributed by atoms with Crippen molar-refractivity contribution in [1.82, 2.24) is 15.1 Å². The molecule has 0 spiro atoms. The Hall–Kier alpha value is -1.33. The van der Waals surface area contributed by atoms with Gasteiger partial charge >= 0.3 is 0 Å². The lowest BCUT2D eigenvalue weighted by Gasteiger charge is -2.09. The third kappa shape index (κ3) is 2.67. The van der Waals surface area contributed by atoms with Gasteiger partial charge in [-0.05, 0) is 47.6 Å². The van der Waals surface area contributed by atoms with Crippen molar-refractivity contribution >= 4 is 15.9 Å². The molecule has 102 valence electrons. The molecule has 2 aromatic rings. The number of aryl methyl sites for hydroxylation is 2. The van der Waals surface area contributed by atoms with E-state index in [2.05, 4.69) is 38.5 Å². The van der Waals surface area contributed by atoms with Gasteiger partial charge in [-0.2, -0.15) is 5.10 Å². The van der Waals surface area contributed by atoms with Crippen LogP contribution < -0.4 is 10.1 Å². The molecule has 0 atom stereocenters. The number of rotatable bonds is 4. The number of nitrogens with zero attached hydrogens (tertiary/aromatic N) is 2. The highest BCUT2D eigenvalue weighted by Gasteiger charge is 2.15. The predicted molar refractivity (Wildman–Crippen MR) is 80.4 cm³/mol. The summed E-state index contributed by atoms with van der Waals surface area (Å²) in [6.45, 7) is 2.82. The van der Waals surface area contributed by atoms with Crippen molar-refractivity contribution in [1.29, 1.82) is 0 Å². The zero-order chi connectivity index (χ0) is 14.0. The molecular formula is C14H18BrN3O. The molecule has 0 radical (unpaired) electrons. The van der Waals surface area contributed by atoms with Crippen molar-refractivity contribution in [2.75, 3.05) is 14.2 Å². The lowest BCUT2D eigenvalue weighted by molar-refractivity contribution is 0.412. The molecule has 0 amide bonds. The number of hydrogen-bond acceptors (Lipinski definition) is 3. The van der Waals surface area contributed by atoms with E-state index in [9.17, 15) is 0 Å². The van der Waals surface area contributed by atoms with Gasteiger partial charge in [-0.1, -0.05) is 6.07 Å². The molecule has 0 saturated heterocycles. The number of methoxy groups -OCH3 is 1. The first-order valence-corrected chi connectivity index (χ1v) is 6.88. The molecule has 1 N–H and O–H groups in total. The Kier molecular flexibility index (Phi) is 4.27. The van der Waals surface area contributed by atoms with Crippen LogP contribution >= 0.6 is 15.9 Å². The average Bonchev–Trinajstić information content (AvgIpc) is 2.65. The fourth-order valence-corrected chi connectivity index (χ4v) is 2.81. The fraction of sp³-hybridized carbons (Fsp3) is 0.357. The number of halogens is 1. The van der Waals surface area contributed by atoms with Gasteiger partial charge < -0.3 is 10.1 Å². The van der Waals surface area contributed by atoms with Gasteiger partial charge in [0.25, 0.3) is 0 Å². The lowest BCUT2D eigenvalue weighted by Crippen LogP contribution is -2.10. The smallest absolute Gasteiger partial charge is 0.133 e. The number of benzene rings is 1. The van der Waals surface area contributed by atoms with E-state index in [1.807, 2.05) is 31.8 Å². The van der Waals surface area contributed by atoms with E-state index in [1.165, 1.54) is 11.3 Å².